The number of hydrogen-bond donors (Lipinski definition) is 2. The van der Waals surface area contributed by atoms with Gasteiger partial charge in [-0.1, -0.05) is 0 Å². The summed E-state index contributed by atoms with van der Waals surface area (Å²) in [5.41, 5.74) is 2.58. The van der Waals surface area contributed by atoms with Crippen LogP contribution in [0.15, 0.2) is 18.2 Å². The fourth-order valence-corrected chi connectivity index (χ4v) is 2.81. The Balaban J connectivity index is 1.92. The summed E-state index contributed by atoms with van der Waals surface area (Å²) < 4.78 is 2.20. The van der Waals surface area contributed by atoms with E-state index in [9.17, 15) is 4.79 Å². The highest BCUT2D eigenvalue weighted by molar-refractivity contribution is 5.97. The van der Waals surface area contributed by atoms with Crippen molar-refractivity contribution in [3.05, 3.63) is 29.6 Å². The summed E-state index contributed by atoms with van der Waals surface area (Å²) in [6.45, 7) is 5.89. The number of fused-ring (bicyclic) bond motifs is 3. The molecule has 2 aromatic rings. The van der Waals surface area contributed by atoms with Crippen LogP contribution in [0.25, 0.3) is 11.0 Å². The molecule has 0 aliphatic carbocycles. The van der Waals surface area contributed by atoms with E-state index in [1.165, 1.54) is 0 Å². The summed E-state index contributed by atoms with van der Waals surface area (Å²) in [5, 5.41) is 11.8. The Morgan fingerprint density at radius 3 is 3.05 bits per heavy atom. The minimum absolute atomic E-state index is 0.0627. The molecule has 3 rings (SSSR count). The van der Waals surface area contributed by atoms with Crippen LogP contribution in [0.5, 0.6) is 0 Å². The first-order valence-electron chi connectivity index (χ1n) is 7.33. The number of carbonyl (C=O) groups excluding carboxylic acids is 1. The van der Waals surface area contributed by atoms with Gasteiger partial charge in [0.1, 0.15) is 5.82 Å². The van der Waals surface area contributed by atoms with Crippen LogP contribution in [0, 0.1) is 0 Å². The number of amides is 1. The largest absolute Gasteiger partial charge is 0.395 e. The van der Waals surface area contributed by atoms with E-state index in [0.29, 0.717) is 18.7 Å². The van der Waals surface area contributed by atoms with Gasteiger partial charge in [0.15, 0.2) is 0 Å². The third-order valence-corrected chi connectivity index (χ3v) is 3.85. The van der Waals surface area contributed by atoms with Crippen molar-refractivity contribution in [2.75, 3.05) is 26.2 Å². The zero-order valence-electron chi connectivity index (χ0n) is 12.2. The molecule has 1 aliphatic rings. The zero-order chi connectivity index (χ0) is 14.8. The molecule has 6 nitrogen and oxygen atoms in total. The van der Waals surface area contributed by atoms with E-state index in [2.05, 4.69) is 19.8 Å². The number of nitrogens with one attached hydrogen (secondary N) is 1. The molecule has 2 heterocycles. The molecule has 1 aliphatic heterocycles. The molecule has 21 heavy (non-hydrogen) atoms. The predicted octanol–water partition coefficient (Wildman–Crippen LogP) is 0.594. The fraction of sp³-hybridized carbons (Fsp3) is 0.467. The molecule has 0 fully saturated rings. The lowest BCUT2D eigenvalue weighted by Crippen LogP contribution is -2.35. The molecule has 0 spiro atoms. The average Bonchev–Trinajstić information content (AvgIpc) is 2.84. The van der Waals surface area contributed by atoms with Gasteiger partial charge in [-0.15, -0.1) is 0 Å². The quantitative estimate of drug-likeness (QED) is 0.864. The van der Waals surface area contributed by atoms with Crippen molar-refractivity contribution < 1.29 is 9.90 Å². The van der Waals surface area contributed by atoms with Crippen molar-refractivity contribution in [2.24, 2.45) is 0 Å². The van der Waals surface area contributed by atoms with Crippen LogP contribution >= 0.6 is 0 Å². The topological polar surface area (TPSA) is 70.4 Å². The first-order chi connectivity index (χ1) is 10.2. The van der Waals surface area contributed by atoms with Crippen LogP contribution in [-0.2, 0) is 13.1 Å². The zero-order valence-corrected chi connectivity index (χ0v) is 12.2. The average molecular weight is 288 g/mol. The van der Waals surface area contributed by atoms with Crippen LogP contribution in [-0.4, -0.2) is 51.7 Å². The van der Waals surface area contributed by atoms with Crippen molar-refractivity contribution in [3.63, 3.8) is 0 Å². The molecule has 2 N–H and O–H groups in total. The van der Waals surface area contributed by atoms with Gasteiger partial charge < -0.3 is 15.0 Å². The monoisotopic (exact) mass is 288 g/mol. The van der Waals surface area contributed by atoms with Crippen LogP contribution in [0.3, 0.4) is 0 Å². The number of carbonyl (C=O) groups is 1. The third kappa shape index (κ3) is 2.64. The minimum Gasteiger partial charge on any atom is -0.395 e. The number of aliphatic hydroxyl groups is 1. The van der Waals surface area contributed by atoms with Crippen molar-refractivity contribution in [2.45, 2.75) is 20.0 Å². The minimum atomic E-state index is -0.0627. The normalized spacial score (nSPS) is 15.1. The molecule has 112 valence electrons. The molecule has 0 atom stereocenters. The molecule has 0 unspecified atom stereocenters. The lowest BCUT2D eigenvalue weighted by molar-refractivity contribution is 0.0956. The van der Waals surface area contributed by atoms with Gasteiger partial charge in [0.25, 0.3) is 5.91 Å². The van der Waals surface area contributed by atoms with E-state index in [-0.39, 0.29) is 12.5 Å². The summed E-state index contributed by atoms with van der Waals surface area (Å²) in [6, 6.07) is 5.67. The van der Waals surface area contributed by atoms with Crippen LogP contribution < -0.4 is 5.32 Å². The molecule has 6 heteroatoms. The maximum atomic E-state index is 11.9. The number of nitrogens with zero attached hydrogens (tertiary/aromatic N) is 3. The molecular weight excluding hydrogens is 268 g/mol. The summed E-state index contributed by atoms with van der Waals surface area (Å²) in [4.78, 5) is 18.7. The fourth-order valence-electron chi connectivity index (χ4n) is 2.81. The van der Waals surface area contributed by atoms with Gasteiger partial charge in [-0.25, -0.2) is 4.98 Å². The van der Waals surface area contributed by atoms with Gasteiger partial charge in [0.05, 0.1) is 24.2 Å². The second-order valence-electron chi connectivity index (χ2n) is 5.24. The number of aliphatic hydroxyl groups excluding tert-OH is 1. The van der Waals surface area contributed by atoms with Crippen LogP contribution in [0.1, 0.15) is 23.1 Å². The molecular formula is C15H20N4O2. The first kappa shape index (κ1) is 14.0. The maximum Gasteiger partial charge on any atom is 0.251 e. The Hall–Kier alpha value is -1.92. The SMILES string of the molecule is CCNC(=O)c1ccc2c(c1)nc1n2CCN(CCO)C1. The summed E-state index contributed by atoms with van der Waals surface area (Å²) in [5.74, 6) is 0.935. The van der Waals surface area contributed by atoms with Gasteiger partial charge in [-0.3, -0.25) is 9.69 Å². The second-order valence-corrected chi connectivity index (χ2v) is 5.24. The van der Waals surface area contributed by atoms with Gasteiger partial charge in [-0.05, 0) is 25.1 Å². The van der Waals surface area contributed by atoms with Crippen molar-refractivity contribution >= 4 is 16.9 Å². The van der Waals surface area contributed by atoms with Gasteiger partial charge in [0.2, 0.25) is 0 Å². The van der Waals surface area contributed by atoms with Gasteiger partial charge in [0, 0.05) is 31.7 Å². The van der Waals surface area contributed by atoms with Crippen LogP contribution in [0.2, 0.25) is 0 Å². The Labute approximate surface area is 123 Å². The number of hydrogen-bond acceptors (Lipinski definition) is 4. The number of imidazole rings is 1. The van der Waals surface area contributed by atoms with Gasteiger partial charge >= 0.3 is 0 Å². The number of benzene rings is 1. The number of aromatic nitrogens is 2. The highest BCUT2D eigenvalue weighted by Crippen LogP contribution is 2.21. The molecule has 1 aromatic heterocycles. The Bertz CT molecular complexity index is 665. The molecule has 0 bridgehead atoms. The molecule has 0 saturated carbocycles. The summed E-state index contributed by atoms with van der Waals surface area (Å²) >= 11 is 0. The number of β-amino-alcohol motifs (C(OH)–C–C–N with tert-alkyl or cyclic N) is 1. The van der Waals surface area contributed by atoms with E-state index in [4.69, 9.17) is 5.11 Å². The molecule has 0 saturated heterocycles. The van der Waals surface area contributed by atoms with Crippen molar-refractivity contribution in [1.82, 2.24) is 19.8 Å². The Morgan fingerprint density at radius 1 is 1.43 bits per heavy atom. The van der Waals surface area contributed by atoms with E-state index in [0.717, 1.165) is 36.5 Å². The van der Waals surface area contributed by atoms with E-state index >= 15 is 0 Å². The lowest BCUT2D eigenvalue weighted by atomic mass is 10.2. The smallest absolute Gasteiger partial charge is 0.251 e. The standard InChI is InChI=1S/C15H20N4O2/c1-2-16-15(21)11-3-4-13-12(9-11)17-14-10-18(7-8-20)5-6-19(13)14/h3-4,9,20H,2,5-8,10H2,1H3,(H,16,21). The Kier molecular flexibility index (Phi) is 3.90. The van der Waals surface area contributed by atoms with Crippen molar-refractivity contribution in [1.29, 1.82) is 0 Å². The highest BCUT2D eigenvalue weighted by atomic mass is 16.3. The molecule has 1 amide bonds. The Morgan fingerprint density at radius 2 is 2.29 bits per heavy atom. The maximum absolute atomic E-state index is 11.9. The predicted molar refractivity (Wildman–Crippen MR) is 80.1 cm³/mol. The van der Waals surface area contributed by atoms with Gasteiger partial charge in [-0.2, -0.15) is 0 Å². The molecule has 1 aromatic carbocycles. The highest BCUT2D eigenvalue weighted by Gasteiger charge is 2.20. The second kappa shape index (κ2) is 5.83. The van der Waals surface area contributed by atoms with E-state index in [1.807, 2.05) is 25.1 Å². The van der Waals surface area contributed by atoms with Crippen LogP contribution in [0.4, 0.5) is 0 Å². The summed E-state index contributed by atoms with van der Waals surface area (Å²) in [6.07, 6.45) is 0. The third-order valence-electron chi connectivity index (χ3n) is 3.85. The van der Waals surface area contributed by atoms with Crippen molar-refractivity contribution in [3.8, 4) is 0 Å². The summed E-state index contributed by atoms with van der Waals surface area (Å²) in [7, 11) is 0. The van der Waals surface area contributed by atoms with E-state index in [1.54, 1.807) is 0 Å². The van der Waals surface area contributed by atoms with E-state index < -0.39 is 0 Å². The number of rotatable bonds is 4. The lowest BCUT2D eigenvalue weighted by Gasteiger charge is -2.26. The first-order valence-corrected chi connectivity index (χ1v) is 7.33. The molecule has 0 radical (unpaired) electrons.